The molecular weight excluding hydrogens is 310 g/mol. The van der Waals surface area contributed by atoms with Gasteiger partial charge in [0.1, 0.15) is 0 Å². The first kappa shape index (κ1) is 16.7. The van der Waals surface area contributed by atoms with Gasteiger partial charge in [0.2, 0.25) is 5.91 Å². The maximum Gasteiger partial charge on any atom is 0.224 e. The number of rotatable bonds is 5. The van der Waals surface area contributed by atoms with Gasteiger partial charge in [0.05, 0.1) is 12.0 Å². The third-order valence-corrected chi connectivity index (χ3v) is 5.19. The molecule has 3 rings (SSSR count). The molecule has 2 saturated heterocycles. The minimum atomic E-state index is 0.113. The van der Waals surface area contributed by atoms with Crippen molar-refractivity contribution < 1.29 is 4.79 Å². The van der Waals surface area contributed by atoms with Gasteiger partial charge in [-0.3, -0.25) is 9.69 Å². The van der Waals surface area contributed by atoms with E-state index in [0.717, 1.165) is 44.0 Å². The zero-order valence-corrected chi connectivity index (χ0v) is 14.3. The van der Waals surface area contributed by atoms with Crippen LogP contribution in [0.4, 0.5) is 0 Å². The summed E-state index contributed by atoms with van der Waals surface area (Å²) in [6, 6.07) is 8.25. The van der Waals surface area contributed by atoms with E-state index in [1.807, 2.05) is 18.2 Å². The summed E-state index contributed by atoms with van der Waals surface area (Å²) >= 11 is 6.17. The summed E-state index contributed by atoms with van der Waals surface area (Å²) in [5.41, 5.74) is 1.20. The van der Waals surface area contributed by atoms with Gasteiger partial charge in [-0.2, -0.15) is 0 Å². The van der Waals surface area contributed by atoms with Crippen LogP contribution in [0.2, 0.25) is 5.02 Å². The normalized spacial score (nSPS) is 23.6. The molecule has 0 aliphatic carbocycles. The van der Waals surface area contributed by atoms with E-state index in [1.165, 1.54) is 18.4 Å². The molecule has 2 unspecified atom stereocenters. The Labute approximate surface area is 143 Å². The quantitative estimate of drug-likeness (QED) is 0.869. The fraction of sp³-hybridized carbons (Fsp3) is 0.611. The lowest BCUT2D eigenvalue weighted by molar-refractivity contribution is -0.125. The van der Waals surface area contributed by atoms with Gasteiger partial charge in [0, 0.05) is 18.1 Å². The molecule has 2 heterocycles. The fourth-order valence-corrected chi connectivity index (χ4v) is 3.84. The van der Waals surface area contributed by atoms with E-state index in [-0.39, 0.29) is 17.9 Å². The molecule has 126 valence electrons. The Kier molecular flexibility index (Phi) is 5.92. The molecule has 2 fully saturated rings. The Hall–Kier alpha value is -1.10. The third kappa shape index (κ3) is 4.46. The highest BCUT2D eigenvalue weighted by Crippen LogP contribution is 2.26. The molecule has 2 aliphatic heterocycles. The van der Waals surface area contributed by atoms with E-state index in [0.29, 0.717) is 6.54 Å². The minimum Gasteiger partial charge on any atom is -0.354 e. The molecule has 0 radical (unpaired) electrons. The maximum absolute atomic E-state index is 12.4. The van der Waals surface area contributed by atoms with Crippen LogP contribution in [0.3, 0.4) is 0 Å². The van der Waals surface area contributed by atoms with Crippen LogP contribution in [-0.2, 0) is 4.79 Å². The summed E-state index contributed by atoms with van der Waals surface area (Å²) in [5, 5.41) is 7.25. The Balaban J connectivity index is 1.65. The molecule has 2 N–H and O–H groups in total. The van der Waals surface area contributed by atoms with Crippen molar-refractivity contribution in [1.29, 1.82) is 0 Å². The predicted octanol–water partition coefficient (Wildman–Crippen LogP) is 2.59. The molecular formula is C18H26ClN3O. The number of hydrogen-bond donors (Lipinski definition) is 2. The molecule has 5 heteroatoms. The van der Waals surface area contributed by atoms with Gasteiger partial charge in [-0.25, -0.2) is 0 Å². The van der Waals surface area contributed by atoms with E-state index in [2.05, 4.69) is 21.6 Å². The molecule has 0 saturated carbocycles. The van der Waals surface area contributed by atoms with Crippen LogP contribution in [0.1, 0.15) is 37.3 Å². The topological polar surface area (TPSA) is 44.4 Å². The second-order valence-corrected chi connectivity index (χ2v) is 7.04. The summed E-state index contributed by atoms with van der Waals surface area (Å²) in [4.78, 5) is 14.9. The van der Waals surface area contributed by atoms with Crippen LogP contribution >= 0.6 is 11.6 Å². The number of amides is 1. The van der Waals surface area contributed by atoms with E-state index < -0.39 is 0 Å². The number of carbonyl (C=O) groups excluding carboxylic acids is 1. The summed E-state index contributed by atoms with van der Waals surface area (Å²) in [5.74, 6) is 0.297. The number of hydrogen-bond acceptors (Lipinski definition) is 3. The first-order valence-corrected chi connectivity index (χ1v) is 9.10. The summed E-state index contributed by atoms with van der Waals surface area (Å²) in [6.45, 7) is 4.69. The number of carbonyl (C=O) groups is 1. The van der Waals surface area contributed by atoms with Crippen LogP contribution in [0.25, 0.3) is 0 Å². The molecule has 0 aromatic heterocycles. The second kappa shape index (κ2) is 8.13. The van der Waals surface area contributed by atoms with E-state index in [9.17, 15) is 4.79 Å². The number of benzene rings is 1. The lowest BCUT2D eigenvalue weighted by atomic mass is 9.98. The van der Waals surface area contributed by atoms with Gasteiger partial charge in [0.15, 0.2) is 0 Å². The zero-order valence-electron chi connectivity index (χ0n) is 13.6. The van der Waals surface area contributed by atoms with E-state index in [4.69, 9.17) is 11.6 Å². The molecule has 23 heavy (non-hydrogen) atoms. The van der Waals surface area contributed by atoms with Crippen molar-refractivity contribution in [3.8, 4) is 0 Å². The van der Waals surface area contributed by atoms with Crippen molar-refractivity contribution in [1.82, 2.24) is 15.5 Å². The van der Waals surface area contributed by atoms with E-state index >= 15 is 0 Å². The highest BCUT2D eigenvalue weighted by atomic mass is 35.5. The lowest BCUT2D eigenvalue weighted by Crippen LogP contribution is -2.43. The molecule has 1 aromatic rings. The number of halogens is 1. The van der Waals surface area contributed by atoms with Crippen LogP contribution in [0.15, 0.2) is 24.3 Å². The summed E-state index contributed by atoms with van der Waals surface area (Å²) in [7, 11) is 0. The lowest BCUT2D eigenvalue weighted by Gasteiger charge is -2.29. The Bertz CT molecular complexity index is 525. The van der Waals surface area contributed by atoms with Crippen molar-refractivity contribution in [2.24, 2.45) is 5.92 Å². The fourth-order valence-electron chi connectivity index (χ4n) is 3.64. The first-order chi connectivity index (χ1) is 11.2. The molecule has 1 amide bonds. The highest BCUT2D eigenvalue weighted by Gasteiger charge is 2.26. The van der Waals surface area contributed by atoms with Crippen LogP contribution in [0, 0.1) is 5.92 Å². The average Bonchev–Trinajstić information content (AvgIpc) is 3.10. The minimum absolute atomic E-state index is 0.113. The smallest absolute Gasteiger partial charge is 0.224 e. The van der Waals surface area contributed by atoms with Crippen molar-refractivity contribution in [3.05, 3.63) is 34.9 Å². The van der Waals surface area contributed by atoms with Crippen molar-refractivity contribution >= 4 is 17.5 Å². The van der Waals surface area contributed by atoms with Crippen LogP contribution in [0.5, 0.6) is 0 Å². The van der Waals surface area contributed by atoms with Crippen LogP contribution in [-0.4, -0.2) is 43.5 Å². The molecule has 4 nitrogen and oxygen atoms in total. The van der Waals surface area contributed by atoms with Crippen molar-refractivity contribution in [3.63, 3.8) is 0 Å². The molecule has 0 bridgehead atoms. The number of piperidine rings is 1. The molecule has 1 aromatic carbocycles. The molecule has 2 aliphatic rings. The number of likely N-dealkylation sites (tertiary alicyclic amines) is 1. The zero-order chi connectivity index (χ0) is 16.1. The molecule has 2 atom stereocenters. The standard InChI is InChI=1S/C18H26ClN3O/c19-16-7-3-5-14(11-16)17(22-9-1-2-10-22)13-21-18(23)15-6-4-8-20-12-15/h3,5,7,11,15,17,20H,1-2,4,6,8-10,12-13H2,(H,21,23). The third-order valence-electron chi connectivity index (χ3n) is 4.95. The van der Waals surface area contributed by atoms with Crippen LogP contribution < -0.4 is 10.6 Å². The van der Waals surface area contributed by atoms with Gasteiger partial charge >= 0.3 is 0 Å². The SMILES string of the molecule is O=C(NCC(c1cccc(Cl)c1)N1CCCC1)C1CCCNC1. The van der Waals surface area contributed by atoms with Crippen molar-refractivity contribution in [2.45, 2.75) is 31.7 Å². The Morgan fingerprint density at radius 2 is 2.17 bits per heavy atom. The van der Waals surface area contributed by atoms with Gasteiger partial charge in [0.25, 0.3) is 0 Å². The number of nitrogens with one attached hydrogen (secondary N) is 2. The highest BCUT2D eigenvalue weighted by molar-refractivity contribution is 6.30. The first-order valence-electron chi connectivity index (χ1n) is 8.72. The van der Waals surface area contributed by atoms with Crippen molar-refractivity contribution in [2.75, 3.05) is 32.7 Å². The van der Waals surface area contributed by atoms with E-state index in [1.54, 1.807) is 0 Å². The Morgan fingerprint density at radius 3 is 2.87 bits per heavy atom. The average molecular weight is 336 g/mol. The summed E-state index contributed by atoms with van der Waals surface area (Å²) < 4.78 is 0. The predicted molar refractivity (Wildman–Crippen MR) is 93.6 cm³/mol. The van der Waals surface area contributed by atoms with Gasteiger partial charge in [-0.1, -0.05) is 23.7 Å². The largest absolute Gasteiger partial charge is 0.354 e. The summed E-state index contributed by atoms with van der Waals surface area (Å²) in [6.07, 6.45) is 4.54. The molecule has 0 spiro atoms. The monoisotopic (exact) mass is 335 g/mol. The maximum atomic E-state index is 12.4. The number of nitrogens with zero attached hydrogens (tertiary/aromatic N) is 1. The van der Waals surface area contributed by atoms with Gasteiger partial charge in [-0.05, 0) is 63.0 Å². The second-order valence-electron chi connectivity index (χ2n) is 6.60. The Morgan fingerprint density at radius 1 is 1.35 bits per heavy atom. The van der Waals surface area contributed by atoms with Gasteiger partial charge in [-0.15, -0.1) is 0 Å². The van der Waals surface area contributed by atoms with Gasteiger partial charge < -0.3 is 10.6 Å².